The van der Waals surface area contributed by atoms with E-state index in [1.54, 1.807) is 23.2 Å². The van der Waals surface area contributed by atoms with Crippen molar-refractivity contribution in [1.29, 1.82) is 0 Å². The lowest BCUT2D eigenvalue weighted by atomic mass is 9.94. The Balaban J connectivity index is 1.69. The molecule has 5 rings (SSSR count). The fourth-order valence-corrected chi connectivity index (χ4v) is 4.49. The highest BCUT2D eigenvalue weighted by atomic mass is 35.5. The molecule has 3 N–H and O–H groups in total. The number of hydrogen-bond acceptors (Lipinski definition) is 9. The summed E-state index contributed by atoms with van der Waals surface area (Å²) in [6.45, 7) is 0. The van der Waals surface area contributed by atoms with Crippen molar-refractivity contribution in [3.8, 4) is 5.75 Å². The molecule has 9 nitrogen and oxygen atoms in total. The molecule has 0 radical (unpaired) electrons. The van der Waals surface area contributed by atoms with Crippen molar-refractivity contribution >= 4 is 45.1 Å². The number of nitrogens with zero attached hydrogens (tertiary/aromatic N) is 4. The van der Waals surface area contributed by atoms with Gasteiger partial charge in [-0.25, -0.2) is 0 Å². The van der Waals surface area contributed by atoms with Crippen molar-refractivity contribution in [1.82, 2.24) is 0 Å². The molecule has 1 aliphatic rings. The van der Waals surface area contributed by atoms with Gasteiger partial charge in [-0.2, -0.15) is 5.10 Å². The smallest absolute Gasteiger partial charge is 0.122 e. The average molecular weight is 491 g/mol. The van der Waals surface area contributed by atoms with E-state index in [1.165, 1.54) is 18.2 Å². The Morgan fingerprint density at radius 3 is 2.40 bits per heavy atom. The van der Waals surface area contributed by atoms with Gasteiger partial charge in [0.1, 0.15) is 5.69 Å². The van der Waals surface area contributed by atoms with Crippen LogP contribution in [0.25, 0.3) is 10.8 Å². The van der Waals surface area contributed by atoms with Crippen LogP contribution in [0, 0.1) is 5.21 Å². The summed E-state index contributed by atoms with van der Waals surface area (Å²) in [5.41, 5.74) is 1.65. The Labute approximate surface area is 205 Å². The van der Waals surface area contributed by atoms with Crippen molar-refractivity contribution in [2.75, 3.05) is 15.5 Å². The highest BCUT2D eigenvalue weighted by molar-refractivity contribution is 6.30. The van der Waals surface area contributed by atoms with Gasteiger partial charge < -0.3 is 15.5 Å². The standard InChI is InChI=1S/C25H20ClN4O5/c26-17-8-5-16(6-9-17)22-14-20(25-19-4-2-1-3-15(19)7-12-24(25)31)27-28(22)21-11-10-18(29(32)33)13-23(21)30(34)35/h1-13,22,31-32,34-35H,14H2/q-1/p-1. The van der Waals surface area contributed by atoms with Crippen LogP contribution in [-0.2, 0) is 0 Å². The first-order chi connectivity index (χ1) is 16.8. The van der Waals surface area contributed by atoms with Gasteiger partial charge in [-0.1, -0.05) is 65.9 Å². The number of fused-ring (bicyclic) bond motifs is 1. The van der Waals surface area contributed by atoms with Crippen LogP contribution in [0.5, 0.6) is 5.75 Å². The molecule has 4 aromatic rings. The molecule has 1 unspecified atom stereocenters. The molecule has 1 atom stereocenters. The zero-order chi connectivity index (χ0) is 24.7. The highest BCUT2D eigenvalue weighted by Crippen LogP contribution is 2.43. The predicted molar refractivity (Wildman–Crippen MR) is 131 cm³/mol. The molecule has 0 spiro atoms. The van der Waals surface area contributed by atoms with Gasteiger partial charge in [0.2, 0.25) is 0 Å². The van der Waals surface area contributed by atoms with Gasteiger partial charge >= 0.3 is 0 Å². The molecule has 0 aliphatic carbocycles. The van der Waals surface area contributed by atoms with Crippen LogP contribution in [0.4, 0.5) is 17.1 Å². The maximum atomic E-state index is 13.0. The Hall–Kier alpha value is -3.86. The van der Waals surface area contributed by atoms with Gasteiger partial charge in [-0.05, 0) is 52.2 Å². The first kappa shape index (κ1) is 22.9. The number of rotatable bonds is 5. The molecule has 178 valence electrons. The van der Waals surface area contributed by atoms with E-state index in [0.717, 1.165) is 22.4 Å². The summed E-state index contributed by atoms with van der Waals surface area (Å²) in [6, 6.07) is 21.3. The molecule has 0 bridgehead atoms. The van der Waals surface area contributed by atoms with E-state index in [9.17, 15) is 25.9 Å². The van der Waals surface area contributed by atoms with Gasteiger partial charge in [-0.15, -0.1) is 5.23 Å². The second-order valence-electron chi connectivity index (χ2n) is 8.06. The molecule has 0 fully saturated rings. The van der Waals surface area contributed by atoms with Crippen molar-refractivity contribution in [2.45, 2.75) is 12.5 Å². The second-order valence-corrected chi connectivity index (χ2v) is 8.49. The predicted octanol–water partition coefficient (Wildman–Crippen LogP) is 5.20. The normalized spacial score (nSPS) is 15.4. The van der Waals surface area contributed by atoms with E-state index in [-0.39, 0.29) is 33.3 Å². The Kier molecular flexibility index (Phi) is 5.93. The monoisotopic (exact) mass is 490 g/mol. The minimum absolute atomic E-state index is 0.147. The summed E-state index contributed by atoms with van der Waals surface area (Å²) in [6.07, 6.45) is 0.344. The number of benzene rings is 4. The molecule has 0 amide bonds. The van der Waals surface area contributed by atoms with Gasteiger partial charge in [0.05, 0.1) is 23.1 Å². The van der Waals surface area contributed by atoms with Crippen LogP contribution in [-0.4, -0.2) is 21.3 Å². The Morgan fingerprint density at radius 2 is 1.69 bits per heavy atom. The van der Waals surface area contributed by atoms with Crippen LogP contribution in [0.1, 0.15) is 23.6 Å². The molecule has 4 aromatic carbocycles. The van der Waals surface area contributed by atoms with Crippen LogP contribution in [0.15, 0.2) is 84.0 Å². The summed E-state index contributed by atoms with van der Waals surface area (Å²) in [5, 5.41) is 61.4. The number of hydrazone groups is 1. The van der Waals surface area contributed by atoms with E-state index < -0.39 is 6.04 Å². The second kappa shape index (κ2) is 9.06. The Bertz CT molecular complexity index is 1430. The first-order valence-corrected chi connectivity index (χ1v) is 11.0. The molecule has 35 heavy (non-hydrogen) atoms. The van der Waals surface area contributed by atoms with Crippen LogP contribution >= 0.6 is 11.6 Å². The molecule has 10 heteroatoms. The third kappa shape index (κ3) is 4.23. The topological polar surface area (TPSA) is 129 Å². The van der Waals surface area contributed by atoms with Crippen molar-refractivity contribution in [3.63, 3.8) is 0 Å². The summed E-state index contributed by atoms with van der Waals surface area (Å²) in [7, 11) is 0. The average Bonchev–Trinajstić information content (AvgIpc) is 3.28. The van der Waals surface area contributed by atoms with Gasteiger partial charge in [-0.3, -0.25) is 20.6 Å². The SMILES string of the molecule is [O-]c1ccc2ccccc2c1C1=NN(c2ccc(N([O-])O)cc2N(O)O)C(c2ccc(Cl)cc2)C1. The summed E-state index contributed by atoms with van der Waals surface area (Å²) < 4.78 is 0. The van der Waals surface area contributed by atoms with Crippen molar-refractivity contribution in [2.24, 2.45) is 5.10 Å². The lowest BCUT2D eigenvalue weighted by molar-refractivity contribution is -0.268. The first-order valence-electron chi connectivity index (χ1n) is 10.6. The van der Waals surface area contributed by atoms with E-state index in [4.69, 9.17) is 16.7 Å². The van der Waals surface area contributed by atoms with Crippen molar-refractivity contribution in [3.05, 3.63) is 100 Å². The third-order valence-corrected chi connectivity index (χ3v) is 6.24. The minimum atomic E-state index is -0.428. The lowest BCUT2D eigenvalue weighted by Gasteiger charge is -2.29. The zero-order valence-electron chi connectivity index (χ0n) is 18.1. The minimum Gasteiger partial charge on any atom is -0.872 e. The van der Waals surface area contributed by atoms with E-state index >= 15 is 0 Å². The largest absolute Gasteiger partial charge is 0.872 e. The summed E-state index contributed by atoms with van der Waals surface area (Å²) >= 11 is 6.08. The van der Waals surface area contributed by atoms with E-state index in [1.807, 2.05) is 36.4 Å². The quantitative estimate of drug-likeness (QED) is 0.325. The van der Waals surface area contributed by atoms with Crippen LogP contribution in [0.3, 0.4) is 0 Å². The van der Waals surface area contributed by atoms with E-state index in [0.29, 0.717) is 22.7 Å². The molecular formula is C25H19ClN4O5-2. The Morgan fingerprint density at radius 1 is 0.943 bits per heavy atom. The molecule has 1 aliphatic heterocycles. The lowest BCUT2D eigenvalue weighted by Crippen LogP contribution is -2.23. The maximum absolute atomic E-state index is 13.0. The van der Waals surface area contributed by atoms with Gasteiger partial charge in [0.25, 0.3) is 0 Å². The van der Waals surface area contributed by atoms with Gasteiger partial charge in [0, 0.05) is 11.4 Å². The molecule has 0 saturated heterocycles. The summed E-state index contributed by atoms with van der Waals surface area (Å²) in [5.74, 6) is -0.178. The van der Waals surface area contributed by atoms with Gasteiger partial charge in [0.15, 0.2) is 0 Å². The highest BCUT2D eigenvalue weighted by Gasteiger charge is 2.33. The number of anilines is 3. The van der Waals surface area contributed by atoms with Crippen molar-refractivity contribution < 1.29 is 20.7 Å². The third-order valence-electron chi connectivity index (χ3n) is 5.99. The fourth-order valence-electron chi connectivity index (χ4n) is 4.36. The van der Waals surface area contributed by atoms with Crippen LogP contribution in [0.2, 0.25) is 5.02 Å². The molecule has 0 saturated carbocycles. The summed E-state index contributed by atoms with van der Waals surface area (Å²) in [4.78, 5) is 0. The molecule has 0 aromatic heterocycles. The number of halogens is 1. The van der Waals surface area contributed by atoms with Crippen LogP contribution < -0.4 is 20.6 Å². The molecular weight excluding hydrogens is 472 g/mol. The number of hydrogen-bond donors (Lipinski definition) is 3. The fraction of sp³-hybridized carbons (Fsp3) is 0.0800. The van der Waals surface area contributed by atoms with E-state index in [2.05, 4.69) is 0 Å². The maximum Gasteiger partial charge on any atom is 0.122 e. The zero-order valence-corrected chi connectivity index (χ0v) is 18.9. The molecule has 1 heterocycles.